The van der Waals surface area contributed by atoms with Gasteiger partial charge in [0.05, 0.1) is 18.3 Å². The Bertz CT molecular complexity index is 960. The molecule has 30 heavy (non-hydrogen) atoms. The van der Waals surface area contributed by atoms with Gasteiger partial charge in [0.1, 0.15) is 5.76 Å². The van der Waals surface area contributed by atoms with Crippen LogP contribution in [-0.2, 0) is 6.54 Å². The molecule has 0 radical (unpaired) electrons. The largest absolute Gasteiger partial charge is 0.468 e. The second-order valence-corrected chi connectivity index (χ2v) is 8.09. The molecule has 6 heteroatoms. The lowest BCUT2D eigenvalue weighted by atomic mass is 10.0. The molecule has 3 aromatic rings. The average Bonchev–Trinajstić information content (AvgIpc) is 3.56. The third-order valence-corrected chi connectivity index (χ3v) is 6.31. The summed E-state index contributed by atoms with van der Waals surface area (Å²) in [5, 5.41) is 3.22. The molecular weight excluding hydrogens is 376 g/mol. The molecular formula is C24H28N4O2. The first kappa shape index (κ1) is 19.0. The molecule has 0 bridgehead atoms. The van der Waals surface area contributed by atoms with Crippen molar-refractivity contribution in [3.05, 3.63) is 84.1 Å². The molecule has 2 amide bonds. The summed E-state index contributed by atoms with van der Waals surface area (Å²) < 4.78 is 7.95. The average molecular weight is 405 g/mol. The number of likely N-dealkylation sites (tertiary alicyclic amines) is 1. The number of urea groups is 1. The van der Waals surface area contributed by atoms with Crippen molar-refractivity contribution in [2.75, 3.05) is 26.2 Å². The van der Waals surface area contributed by atoms with Gasteiger partial charge in [-0.3, -0.25) is 4.90 Å². The van der Waals surface area contributed by atoms with Crippen molar-refractivity contribution in [2.45, 2.75) is 31.5 Å². The molecule has 2 aliphatic heterocycles. The number of aromatic nitrogens is 1. The molecule has 0 aliphatic carbocycles. The number of nitrogens with one attached hydrogen (secondary N) is 1. The van der Waals surface area contributed by atoms with Crippen molar-refractivity contribution in [1.29, 1.82) is 0 Å². The summed E-state index contributed by atoms with van der Waals surface area (Å²) in [5.74, 6) is 0.921. The number of rotatable bonds is 5. The number of carbonyl (C=O) groups is 1. The van der Waals surface area contributed by atoms with Gasteiger partial charge in [-0.1, -0.05) is 30.3 Å². The molecule has 1 saturated heterocycles. The summed E-state index contributed by atoms with van der Waals surface area (Å²) in [5.41, 5.74) is 2.29. The number of nitrogens with zero attached hydrogens (tertiary/aromatic N) is 3. The third kappa shape index (κ3) is 3.63. The molecule has 2 aliphatic rings. The van der Waals surface area contributed by atoms with Crippen LogP contribution in [0.3, 0.4) is 0 Å². The smallest absolute Gasteiger partial charge is 0.318 e. The lowest BCUT2D eigenvalue weighted by Gasteiger charge is -2.38. The monoisotopic (exact) mass is 404 g/mol. The van der Waals surface area contributed by atoms with Crippen LogP contribution >= 0.6 is 0 Å². The Morgan fingerprint density at radius 2 is 1.83 bits per heavy atom. The van der Waals surface area contributed by atoms with E-state index in [4.69, 9.17) is 4.42 Å². The minimum atomic E-state index is -0.0798. The lowest BCUT2D eigenvalue weighted by Crippen LogP contribution is -2.49. The van der Waals surface area contributed by atoms with E-state index in [0.717, 1.165) is 36.7 Å². The number of carbonyl (C=O) groups excluding carboxylic acids is 1. The second kappa shape index (κ2) is 8.40. The highest BCUT2D eigenvalue weighted by Gasteiger charge is 2.33. The minimum absolute atomic E-state index is 0.0212. The number of benzene rings is 1. The van der Waals surface area contributed by atoms with Gasteiger partial charge in [-0.15, -0.1) is 0 Å². The highest BCUT2D eigenvalue weighted by atomic mass is 16.3. The van der Waals surface area contributed by atoms with Gasteiger partial charge < -0.3 is 19.2 Å². The van der Waals surface area contributed by atoms with Gasteiger partial charge in [0.2, 0.25) is 0 Å². The Morgan fingerprint density at radius 1 is 1.00 bits per heavy atom. The fraction of sp³-hybridized carbons (Fsp3) is 0.375. The summed E-state index contributed by atoms with van der Waals surface area (Å²) in [7, 11) is 0. The fourth-order valence-corrected chi connectivity index (χ4v) is 4.82. The van der Waals surface area contributed by atoms with E-state index in [0.29, 0.717) is 13.1 Å². The first-order valence-corrected chi connectivity index (χ1v) is 10.8. The number of amides is 2. The maximum atomic E-state index is 13.4. The second-order valence-electron chi connectivity index (χ2n) is 8.09. The van der Waals surface area contributed by atoms with Gasteiger partial charge in [-0.25, -0.2) is 4.79 Å². The Hall–Kier alpha value is -2.99. The molecule has 5 rings (SSSR count). The zero-order valence-corrected chi connectivity index (χ0v) is 17.1. The van der Waals surface area contributed by atoms with Crippen molar-refractivity contribution < 1.29 is 9.21 Å². The summed E-state index contributed by atoms with van der Waals surface area (Å²) in [4.78, 5) is 17.7. The van der Waals surface area contributed by atoms with Crippen LogP contribution in [0.2, 0.25) is 0 Å². The van der Waals surface area contributed by atoms with Gasteiger partial charge in [0.15, 0.2) is 0 Å². The maximum absolute atomic E-state index is 13.4. The van der Waals surface area contributed by atoms with Gasteiger partial charge in [0.25, 0.3) is 0 Å². The third-order valence-electron chi connectivity index (χ3n) is 6.31. The number of fused-ring (bicyclic) bond motifs is 1. The quantitative estimate of drug-likeness (QED) is 0.698. The van der Waals surface area contributed by atoms with Crippen LogP contribution in [0.1, 0.15) is 41.9 Å². The molecule has 2 aromatic heterocycles. The summed E-state index contributed by atoms with van der Waals surface area (Å²) in [6.07, 6.45) is 6.21. The van der Waals surface area contributed by atoms with Gasteiger partial charge in [-0.2, -0.15) is 0 Å². The van der Waals surface area contributed by atoms with E-state index in [1.807, 2.05) is 35.2 Å². The van der Waals surface area contributed by atoms with E-state index in [1.54, 1.807) is 6.26 Å². The molecule has 1 aromatic carbocycles. The number of furan rings is 1. The highest BCUT2D eigenvalue weighted by molar-refractivity contribution is 5.75. The van der Waals surface area contributed by atoms with Crippen LogP contribution in [0.15, 0.2) is 71.5 Å². The van der Waals surface area contributed by atoms with Gasteiger partial charge >= 0.3 is 6.03 Å². The Balaban J connectivity index is 1.35. The molecule has 2 atom stereocenters. The van der Waals surface area contributed by atoms with E-state index < -0.39 is 0 Å². The summed E-state index contributed by atoms with van der Waals surface area (Å²) >= 11 is 0. The highest BCUT2D eigenvalue weighted by Crippen LogP contribution is 2.32. The Kier molecular flexibility index (Phi) is 5.32. The van der Waals surface area contributed by atoms with E-state index in [1.165, 1.54) is 12.8 Å². The fourth-order valence-electron chi connectivity index (χ4n) is 4.82. The molecule has 1 N–H and O–H groups in total. The number of hydrogen-bond acceptors (Lipinski definition) is 3. The maximum Gasteiger partial charge on any atom is 0.318 e. The molecule has 0 unspecified atom stereocenters. The predicted molar refractivity (Wildman–Crippen MR) is 115 cm³/mol. The molecule has 1 fully saturated rings. The zero-order valence-electron chi connectivity index (χ0n) is 17.1. The normalized spacial score (nSPS) is 20.1. The molecule has 4 heterocycles. The van der Waals surface area contributed by atoms with Crippen LogP contribution in [-0.4, -0.2) is 46.6 Å². The minimum Gasteiger partial charge on any atom is -0.468 e. The van der Waals surface area contributed by atoms with E-state index in [2.05, 4.69) is 45.2 Å². The molecule has 156 valence electrons. The predicted octanol–water partition coefficient (Wildman–Crippen LogP) is 4.03. The van der Waals surface area contributed by atoms with Crippen LogP contribution in [0.5, 0.6) is 0 Å². The standard InChI is InChI=1S/C24H28N4O2/c29-24(25-18-21(22-11-7-17-30-22)26-12-4-5-13-26)28-16-15-27-14-6-10-20(27)23(28)19-8-2-1-3-9-19/h1-3,6-11,14,17,21,23H,4-5,12-13,15-16,18H2,(H,25,29)/t21-,23-/m1/s1. The molecule has 0 spiro atoms. The van der Waals surface area contributed by atoms with Crippen LogP contribution in [0, 0.1) is 0 Å². The Labute approximate surface area is 177 Å². The van der Waals surface area contributed by atoms with Crippen LogP contribution in [0.25, 0.3) is 0 Å². The van der Waals surface area contributed by atoms with Crippen molar-refractivity contribution in [3.8, 4) is 0 Å². The van der Waals surface area contributed by atoms with Crippen molar-refractivity contribution >= 4 is 6.03 Å². The topological polar surface area (TPSA) is 53.7 Å². The summed E-state index contributed by atoms with van der Waals surface area (Å²) in [6.45, 7) is 4.14. The first-order chi connectivity index (χ1) is 14.8. The SMILES string of the molecule is O=C(NC[C@H](c1ccco1)N1CCCC1)N1CCn2cccc2[C@H]1c1ccccc1. The van der Waals surface area contributed by atoms with Gasteiger partial charge in [0, 0.05) is 31.5 Å². The Morgan fingerprint density at radius 3 is 2.60 bits per heavy atom. The van der Waals surface area contributed by atoms with E-state index in [-0.39, 0.29) is 18.1 Å². The van der Waals surface area contributed by atoms with E-state index in [9.17, 15) is 4.79 Å². The van der Waals surface area contributed by atoms with Crippen LogP contribution in [0.4, 0.5) is 4.79 Å². The summed E-state index contributed by atoms with van der Waals surface area (Å²) in [6, 6.07) is 18.4. The lowest BCUT2D eigenvalue weighted by molar-refractivity contribution is 0.159. The van der Waals surface area contributed by atoms with Crippen molar-refractivity contribution in [3.63, 3.8) is 0 Å². The molecule has 0 saturated carbocycles. The van der Waals surface area contributed by atoms with E-state index >= 15 is 0 Å². The van der Waals surface area contributed by atoms with Gasteiger partial charge in [-0.05, 0) is 55.8 Å². The van der Waals surface area contributed by atoms with Crippen LogP contribution < -0.4 is 5.32 Å². The zero-order chi connectivity index (χ0) is 20.3. The van der Waals surface area contributed by atoms with Crippen molar-refractivity contribution in [2.24, 2.45) is 0 Å². The number of hydrogen-bond donors (Lipinski definition) is 1. The molecule has 6 nitrogen and oxygen atoms in total. The first-order valence-electron chi connectivity index (χ1n) is 10.8. The van der Waals surface area contributed by atoms with Crippen molar-refractivity contribution in [1.82, 2.24) is 19.7 Å².